The van der Waals surface area contributed by atoms with Gasteiger partial charge in [-0.1, -0.05) is 17.4 Å². The van der Waals surface area contributed by atoms with Gasteiger partial charge in [-0.3, -0.25) is 4.79 Å². The second kappa shape index (κ2) is 7.44. The van der Waals surface area contributed by atoms with Crippen LogP contribution < -0.4 is 19.1 Å². The molecule has 2 aromatic carbocycles. The fraction of sp³-hybridized carbons (Fsp3) is 0.333. The average Bonchev–Trinajstić information content (AvgIpc) is 3.23. The number of ether oxygens (including phenoxy) is 3. The highest BCUT2D eigenvalue weighted by Gasteiger charge is 2.25. The summed E-state index contributed by atoms with van der Waals surface area (Å²) in [5.74, 6) is 2.15. The Morgan fingerprint density at radius 1 is 1.07 bits per heavy atom. The molecule has 0 aliphatic carbocycles. The first kappa shape index (κ1) is 18.1. The van der Waals surface area contributed by atoms with Gasteiger partial charge in [0.2, 0.25) is 0 Å². The fourth-order valence-corrected chi connectivity index (χ4v) is 4.71. The molecule has 0 unspecified atom stereocenters. The van der Waals surface area contributed by atoms with E-state index < -0.39 is 0 Å². The molecular formula is C21H21N3O4S. The quantitative estimate of drug-likeness (QED) is 0.660. The lowest BCUT2D eigenvalue weighted by atomic mass is 10.1. The first-order valence-corrected chi connectivity index (χ1v) is 10.4. The van der Waals surface area contributed by atoms with Crippen molar-refractivity contribution < 1.29 is 19.0 Å². The summed E-state index contributed by atoms with van der Waals surface area (Å²) in [6.45, 7) is 3.85. The van der Waals surface area contributed by atoms with Gasteiger partial charge in [0.15, 0.2) is 16.6 Å². The van der Waals surface area contributed by atoms with E-state index in [2.05, 4.69) is 11.0 Å². The summed E-state index contributed by atoms with van der Waals surface area (Å²) in [6.07, 6.45) is 0. The van der Waals surface area contributed by atoms with Crippen LogP contribution >= 0.6 is 11.3 Å². The summed E-state index contributed by atoms with van der Waals surface area (Å²) >= 11 is 1.66. The van der Waals surface area contributed by atoms with Gasteiger partial charge in [0.05, 0.1) is 11.8 Å². The van der Waals surface area contributed by atoms with E-state index in [0.29, 0.717) is 43.4 Å². The number of rotatable bonds is 3. The SMILES string of the molecule is COc1cccc2sc(N3CCN(C(=O)c4ccc5c(c4)OCCO5)CC3)nc12. The molecule has 0 N–H and O–H groups in total. The van der Waals surface area contributed by atoms with E-state index in [1.165, 1.54) is 0 Å². The van der Waals surface area contributed by atoms with Crippen LogP contribution in [0.2, 0.25) is 0 Å². The minimum Gasteiger partial charge on any atom is -0.494 e. The molecule has 0 saturated carbocycles. The largest absolute Gasteiger partial charge is 0.494 e. The van der Waals surface area contributed by atoms with Crippen LogP contribution in [0.25, 0.3) is 10.2 Å². The molecule has 3 heterocycles. The molecule has 3 aromatic rings. The highest BCUT2D eigenvalue weighted by Crippen LogP contribution is 2.35. The molecule has 1 aromatic heterocycles. The molecule has 2 aliphatic rings. The van der Waals surface area contributed by atoms with Crippen molar-refractivity contribution in [1.82, 2.24) is 9.88 Å². The second-order valence-corrected chi connectivity index (χ2v) is 7.95. The summed E-state index contributed by atoms with van der Waals surface area (Å²) in [5.41, 5.74) is 1.53. The van der Waals surface area contributed by atoms with Gasteiger partial charge < -0.3 is 24.0 Å². The van der Waals surface area contributed by atoms with Gasteiger partial charge in [0.1, 0.15) is 24.5 Å². The predicted octanol–water partition coefficient (Wildman–Crippen LogP) is 3.04. The minimum absolute atomic E-state index is 0.0209. The van der Waals surface area contributed by atoms with Gasteiger partial charge in [-0.05, 0) is 30.3 Å². The Morgan fingerprint density at radius 2 is 1.86 bits per heavy atom. The smallest absolute Gasteiger partial charge is 0.254 e. The number of fused-ring (bicyclic) bond motifs is 2. The number of para-hydroxylation sites is 1. The summed E-state index contributed by atoms with van der Waals surface area (Å²) in [4.78, 5) is 21.8. The topological polar surface area (TPSA) is 64.1 Å². The van der Waals surface area contributed by atoms with Gasteiger partial charge in [0.25, 0.3) is 5.91 Å². The lowest BCUT2D eigenvalue weighted by molar-refractivity contribution is 0.0745. The molecule has 7 nitrogen and oxygen atoms in total. The van der Waals surface area contributed by atoms with Crippen LogP contribution in [0.15, 0.2) is 36.4 Å². The number of hydrogen-bond acceptors (Lipinski definition) is 7. The van der Waals surface area contributed by atoms with Gasteiger partial charge in [-0.2, -0.15) is 0 Å². The van der Waals surface area contributed by atoms with Crippen molar-refractivity contribution in [3.05, 3.63) is 42.0 Å². The monoisotopic (exact) mass is 411 g/mol. The van der Waals surface area contributed by atoms with Crippen molar-refractivity contribution in [2.24, 2.45) is 0 Å². The number of piperazine rings is 1. The van der Waals surface area contributed by atoms with Crippen molar-refractivity contribution in [2.75, 3.05) is 51.4 Å². The molecule has 0 spiro atoms. The molecule has 1 saturated heterocycles. The Bertz CT molecular complexity index is 1060. The normalized spacial score (nSPS) is 16.2. The standard InChI is InChI=1S/C21H21N3O4S/c1-26-16-3-2-4-18-19(16)22-21(29-18)24-9-7-23(8-10-24)20(25)14-5-6-15-17(13-14)28-12-11-27-15/h2-6,13H,7-12H2,1H3. The predicted molar refractivity (Wildman–Crippen MR) is 112 cm³/mol. The van der Waals surface area contributed by atoms with E-state index in [-0.39, 0.29) is 5.91 Å². The molecule has 5 rings (SSSR count). The zero-order valence-corrected chi connectivity index (χ0v) is 16.9. The number of benzene rings is 2. The lowest BCUT2D eigenvalue weighted by Gasteiger charge is -2.34. The van der Waals surface area contributed by atoms with Crippen molar-refractivity contribution in [3.8, 4) is 17.2 Å². The number of methoxy groups -OCH3 is 1. The van der Waals surface area contributed by atoms with E-state index in [4.69, 9.17) is 19.2 Å². The maximum Gasteiger partial charge on any atom is 0.254 e. The van der Waals surface area contributed by atoms with Crippen molar-refractivity contribution in [1.29, 1.82) is 0 Å². The Morgan fingerprint density at radius 3 is 2.66 bits per heavy atom. The highest BCUT2D eigenvalue weighted by molar-refractivity contribution is 7.22. The lowest BCUT2D eigenvalue weighted by Crippen LogP contribution is -2.48. The van der Waals surface area contributed by atoms with Crippen LogP contribution in [0, 0.1) is 0 Å². The van der Waals surface area contributed by atoms with Crippen molar-refractivity contribution >= 4 is 32.6 Å². The summed E-state index contributed by atoms with van der Waals surface area (Å²) in [5, 5.41) is 0.968. The number of thiazole rings is 1. The molecule has 0 radical (unpaired) electrons. The number of anilines is 1. The Balaban J connectivity index is 1.28. The third-order valence-corrected chi connectivity index (χ3v) is 6.30. The molecule has 0 atom stereocenters. The van der Waals surface area contributed by atoms with Crippen LogP contribution in [-0.4, -0.2) is 62.3 Å². The maximum atomic E-state index is 12.9. The van der Waals surface area contributed by atoms with Crippen LogP contribution in [0.3, 0.4) is 0 Å². The van der Waals surface area contributed by atoms with E-state index >= 15 is 0 Å². The number of carbonyl (C=O) groups excluding carboxylic acids is 1. The Labute approximate surface area is 172 Å². The molecule has 8 heteroatoms. The van der Waals surface area contributed by atoms with Crippen LogP contribution in [0.5, 0.6) is 17.2 Å². The zero-order valence-electron chi connectivity index (χ0n) is 16.1. The molecule has 29 heavy (non-hydrogen) atoms. The number of nitrogens with zero attached hydrogens (tertiary/aromatic N) is 3. The van der Waals surface area contributed by atoms with E-state index in [9.17, 15) is 4.79 Å². The Kier molecular flexibility index (Phi) is 4.63. The molecule has 2 aliphatic heterocycles. The molecule has 1 fully saturated rings. The Hall–Kier alpha value is -3.00. The number of amides is 1. The molecule has 1 amide bonds. The molecule has 150 valence electrons. The van der Waals surface area contributed by atoms with Crippen molar-refractivity contribution in [3.63, 3.8) is 0 Å². The van der Waals surface area contributed by atoms with Gasteiger partial charge >= 0.3 is 0 Å². The summed E-state index contributed by atoms with van der Waals surface area (Å²) < 4.78 is 17.7. The highest BCUT2D eigenvalue weighted by atomic mass is 32.1. The number of aromatic nitrogens is 1. The minimum atomic E-state index is 0.0209. The van der Waals surface area contributed by atoms with Gasteiger partial charge in [-0.15, -0.1) is 0 Å². The third kappa shape index (κ3) is 3.33. The number of carbonyl (C=O) groups is 1. The van der Waals surface area contributed by atoms with Gasteiger partial charge in [0, 0.05) is 31.7 Å². The second-order valence-electron chi connectivity index (χ2n) is 6.94. The first-order valence-electron chi connectivity index (χ1n) is 9.60. The molecular weight excluding hydrogens is 390 g/mol. The van der Waals surface area contributed by atoms with E-state index in [1.54, 1.807) is 24.5 Å². The molecule has 0 bridgehead atoms. The summed E-state index contributed by atoms with van der Waals surface area (Å²) in [7, 11) is 1.66. The van der Waals surface area contributed by atoms with Gasteiger partial charge in [-0.25, -0.2) is 4.98 Å². The fourth-order valence-electron chi connectivity index (χ4n) is 3.67. The van der Waals surface area contributed by atoms with Crippen LogP contribution in [0.1, 0.15) is 10.4 Å². The summed E-state index contributed by atoms with van der Waals surface area (Å²) in [6, 6.07) is 11.4. The zero-order chi connectivity index (χ0) is 19.8. The van der Waals surface area contributed by atoms with Crippen LogP contribution in [-0.2, 0) is 0 Å². The average molecular weight is 411 g/mol. The van der Waals surface area contributed by atoms with Crippen LogP contribution in [0.4, 0.5) is 5.13 Å². The van der Waals surface area contributed by atoms with E-state index in [0.717, 1.165) is 34.2 Å². The maximum absolute atomic E-state index is 12.9. The van der Waals surface area contributed by atoms with Crippen molar-refractivity contribution in [2.45, 2.75) is 0 Å². The first-order chi connectivity index (χ1) is 14.2. The van der Waals surface area contributed by atoms with E-state index in [1.807, 2.05) is 29.2 Å². The number of hydrogen-bond donors (Lipinski definition) is 0. The third-order valence-electron chi connectivity index (χ3n) is 5.22.